The van der Waals surface area contributed by atoms with E-state index in [0.717, 1.165) is 30.3 Å². The van der Waals surface area contributed by atoms with Crippen molar-refractivity contribution in [2.75, 3.05) is 0 Å². The number of carbonyl (C=O) groups is 1. The van der Waals surface area contributed by atoms with Gasteiger partial charge in [0.15, 0.2) is 0 Å². The highest BCUT2D eigenvalue weighted by Crippen LogP contribution is 2.18. The maximum Gasteiger partial charge on any atom is 0.251 e. The second-order valence-corrected chi connectivity index (χ2v) is 4.37. The molecule has 1 amide bonds. The first kappa shape index (κ1) is 14.1. The molecule has 0 aliphatic carbocycles. The first-order valence-electron chi connectivity index (χ1n) is 5.99. The Morgan fingerprint density at radius 3 is 2.25 bits per heavy atom. The van der Waals surface area contributed by atoms with Crippen molar-refractivity contribution in [1.29, 1.82) is 0 Å². The Bertz CT molecular complexity index is 626. The summed E-state index contributed by atoms with van der Waals surface area (Å²) in [5.41, 5.74) is 0.301. The molecule has 0 heterocycles. The van der Waals surface area contributed by atoms with E-state index in [4.69, 9.17) is 0 Å². The number of hydrogen-bond donors (Lipinski definition) is 1. The molecule has 2 aromatic rings. The molecule has 0 fully saturated rings. The lowest BCUT2D eigenvalue weighted by Gasteiger charge is -2.15. The van der Waals surface area contributed by atoms with Crippen LogP contribution in [0.5, 0.6) is 0 Å². The molecule has 0 spiro atoms. The van der Waals surface area contributed by atoms with Crippen LogP contribution in [0.3, 0.4) is 0 Å². The number of benzene rings is 2. The van der Waals surface area contributed by atoms with Gasteiger partial charge >= 0.3 is 0 Å². The van der Waals surface area contributed by atoms with Crippen LogP contribution in [0.4, 0.5) is 13.2 Å². The average molecular weight is 279 g/mol. The molecule has 0 saturated carbocycles. The summed E-state index contributed by atoms with van der Waals surface area (Å²) in [6.07, 6.45) is 0. The van der Waals surface area contributed by atoms with Gasteiger partial charge in [0, 0.05) is 11.1 Å². The Morgan fingerprint density at radius 2 is 1.60 bits per heavy atom. The van der Waals surface area contributed by atoms with E-state index in [9.17, 15) is 18.0 Å². The van der Waals surface area contributed by atoms with Crippen molar-refractivity contribution in [3.05, 3.63) is 71.0 Å². The predicted molar refractivity (Wildman–Crippen MR) is 68.6 cm³/mol. The zero-order valence-corrected chi connectivity index (χ0v) is 10.7. The van der Waals surface area contributed by atoms with E-state index in [1.807, 2.05) is 0 Å². The van der Waals surface area contributed by atoms with E-state index in [1.54, 1.807) is 6.92 Å². The summed E-state index contributed by atoms with van der Waals surface area (Å²) >= 11 is 0. The van der Waals surface area contributed by atoms with Crippen LogP contribution in [0.2, 0.25) is 0 Å². The van der Waals surface area contributed by atoms with Gasteiger partial charge in [-0.2, -0.15) is 0 Å². The number of carbonyl (C=O) groups excluding carboxylic acids is 1. The molecular weight excluding hydrogens is 267 g/mol. The van der Waals surface area contributed by atoms with E-state index in [1.165, 1.54) is 12.1 Å². The number of amides is 1. The largest absolute Gasteiger partial charge is 0.345 e. The molecule has 2 aromatic carbocycles. The fourth-order valence-corrected chi connectivity index (χ4v) is 1.81. The van der Waals surface area contributed by atoms with Crippen LogP contribution in [0, 0.1) is 17.5 Å². The second-order valence-electron chi connectivity index (χ2n) is 4.37. The van der Waals surface area contributed by atoms with Gasteiger partial charge in [0.05, 0.1) is 6.04 Å². The molecule has 104 valence electrons. The standard InChI is InChI=1S/C15H12F3NO/c1-9(13-8-12(17)6-7-14(13)18)19-15(20)10-2-4-11(16)5-3-10/h2-9H,1H3,(H,19,20). The maximum atomic E-state index is 13.6. The van der Waals surface area contributed by atoms with E-state index < -0.39 is 29.4 Å². The third-order valence-corrected chi connectivity index (χ3v) is 2.88. The van der Waals surface area contributed by atoms with E-state index in [0.29, 0.717) is 0 Å². The Hall–Kier alpha value is -2.30. The lowest BCUT2D eigenvalue weighted by molar-refractivity contribution is 0.0939. The Labute approximate surface area is 114 Å². The van der Waals surface area contributed by atoms with Crippen LogP contribution in [-0.4, -0.2) is 5.91 Å². The topological polar surface area (TPSA) is 29.1 Å². The fraction of sp³-hybridized carbons (Fsp3) is 0.133. The van der Waals surface area contributed by atoms with E-state index in [2.05, 4.69) is 5.32 Å². The quantitative estimate of drug-likeness (QED) is 0.914. The van der Waals surface area contributed by atoms with Crippen LogP contribution in [0.1, 0.15) is 28.9 Å². The summed E-state index contributed by atoms with van der Waals surface area (Å²) in [5, 5.41) is 2.53. The highest BCUT2D eigenvalue weighted by molar-refractivity contribution is 5.94. The first-order chi connectivity index (χ1) is 9.47. The number of nitrogens with one attached hydrogen (secondary N) is 1. The Kier molecular flexibility index (Phi) is 4.08. The number of halogens is 3. The molecule has 0 bridgehead atoms. The molecule has 1 unspecified atom stereocenters. The molecule has 0 aromatic heterocycles. The SMILES string of the molecule is CC(NC(=O)c1ccc(F)cc1)c1cc(F)ccc1F. The van der Waals surface area contributed by atoms with Crippen molar-refractivity contribution in [2.45, 2.75) is 13.0 Å². The molecule has 2 nitrogen and oxygen atoms in total. The van der Waals surface area contributed by atoms with Gasteiger partial charge in [-0.3, -0.25) is 4.79 Å². The lowest BCUT2D eigenvalue weighted by Crippen LogP contribution is -2.27. The minimum Gasteiger partial charge on any atom is -0.345 e. The van der Waals surface area contributed by atoms with Crippen LogP contribution in [0.15, 0.2) is 42.5 Å². The average Bonchev–Trinajstić information content (AvgIpc) is 2.42. The van der Waals surface area contributed by atoms with Gasteiger partial charge in [0.25, 0.3) is 5.91 Å². The van der Waals surface area contributed by atoms with Crippen molar-refractivity contribution in [3.8, 4) is 0 Å². The predicted octanol–water partition coefficient (Wildman–Crippen LogP) is 3.59. The summed E-state index contributed by atoms with van der Waals surface area (Å²) in [6.45, 7) is 1.54. The Balaban J connectivity index is 2.15. The monoisotopic (exact) mass is 279 g/mol. The highest BCUT2D eigenvalue weighted by atomic mass is 19.1. The highest BCUT2D eigenvalue weighted by Gasteiger charge is 2.15. The number of hydrogen-bond acceptors (Lipinski definition) is 1. The third kappa shape index (κ3) is 3.17. The summed E-state index contributed by atoms with van der Waals surface area (Å²) in [4.78, 5) is 11.9. The maximum absolute atomic E-state index is 13.6. The molecule has 0 aliphatic rings. The van der Waals surface area contributed by atoms with Gasteiger partial charge in [0.2, 0.25) is 0 Å². The summed E-state index contributed by atoms with van der Waals surface area (Å²) < 4.78 is 39.4. The van der Waals surface area contributed by atoms with Crippen molar-refractivity contribution < 1.29 is 18.0 Å². The van der Waals surface area contributed by atoms with Crippen LogP contribution in [0.25, 0.3) is 0 Å². The molecule has 1 N–H and O–H groups in total. The number of rotatable bonds is 3. The first-order valence-corrected chi connectivity index (χ1v) is 5.99. The molecule has 20 heavy (non-hydrogen) atoms. The van der Waals surface area contributed by atoms with Gasteiger partial charge in [-0.15, -0.1) is 0 Å². The van der Waals surface area contributed by atoms with Gasteiger partial charge in [0.1, 0.15) is 17.5 Å². The smallest absolute Gasteiger partial charge is 0.251 e. The minimum atomic E-state index is -0.705. The van der Waals surface area contributed by atoms with E-state index in [-0.39, 0.29) is 11.1 Å². The molecule has 0 aliphatic heterocycles. The Morgan fingerprint density at radius 1 is 1.00 bits per heavy atom. The summed E-state index contributed by atoms with van der Waals surface area (Å²) in [5.74, 6) is -2.12. The molecule has 2 rings (SSSR count). The van der Waals surface area contributed by atoms with Crippen LogP contribution < -0.4 is 5.32 Å². The van der Waals surface area contributed by atoms with Crippen molar-refractivity contribution in [2.24, 2.45) is 0 Å². The molecule has 5 heteroatoms. The zero-order chi connectivity index (χ0) is 14.7. The second kappa shape index (κ2) is 5.77. The van der Waals surface area contributed by atoms with E-state index >= 15 is 0 Å². The van der Waals surface area contributed by atoms with Crippen LogP contribution >= 0.6 is 0 Å². The molecule has 0 radical (unpaired) electrons. The molecular formula is C15H12F3NO. The molecule has 1 atom stereocenters. The summed E-state index contributed by atoms with van der Waals surface area (Å²) in [6, 6.07) is 7.29. The fourth-order valence-electron chi connectivity index (χ4n) is 1.81. The van der Waals surface area contributed by atoms with Crippen LogP contribution in [-0.2, 0) is 0 Å². The molecule has 0 saturated heterocycles. The van der Waals surface area contributed by atoms with Crippen molar-refractivity contribution in [3.63, 3.8) is 0 Å². The zero-order valence-electron chi connectivity index (χ0n) is 10.7. The van der Waals surface area contributed by atoms with Gasteiger partial charge in [-0.25, -0.2) is 13.2 Å². The normalized spacial score (nSPS) is 12.0. The minimum absolute atomic E-state index is 0.0560. The van der Waals surface area contributed by atoms with Crippen molar-refractivity contribution >= 4 is 5.91 Å². The van der Waals surface area contributed by atoms with Gasteiger partial charge < -0.3 is 5.32 Å². The van der Waals surface area contributed by atoms with Gasteiger partial charge in [-0.1, -0.05) is 0 Å². The van der Waals surface area contributed by atoms with Crippen molar-refractivity contribution in [1.82, 2.24) is 5.32 Å². The summed E-state index contributed by atoms with van der Waals surface area (Å²) in [7, 11) is 0. The third-order valence-electron chi connectivity index (χ3n) is 2.88. The lowest BCUT2D eigenvalue weighted by atomic mass is 10.1. The van der Waals surface area contributed by atoms with Gasteiger partial charge in [-0.05, 0) is 49.4 Å².